The minimum Gasteiger partial charge on any atom is -0.376 e. The summed E-state index contributed by atoms with van der Waals surface area (Å²) in [5, 5.41) is 21.8. The van der Waals surface area contributed by atoms with Gasteiger partial charge in [0.15, 0.2) is 5.57 Å². The summed E-state index contributed by atoms with van der Waals surface area (Å²) in [5.74, 6) is 0. The molecule has 0 aliphatic heterocycles. The van der Waals surface area contributed by atoms with Crippen molar-refractivity contribution in [1.82, 2.24) is 4.90 Å². The maximum absolute atomic E-state index is 8.89. The Balaban J connectivity index is 2.95. The van der Waals surface area contributed by atoms with Crippen molar-refractivity contribution in [2.45, 2.75) is 0 Å². The van der Waals surface area contributed by atoms with Gasteiger partial charge in [0.2, 0.25) is 0 Å². The van der Waals surface area contributed by atoms with E-state index in [2.05, 4.69) is 5.32 Å². The normalized spacial score (nSPS) is 9.70. The highest BCUT2D eigenvalue weighted by atomic mass is 35.5. The standard InChI is InChI=1S/C14H12Cl2N4/c1-20(2)14(10(8-17)9-18)3-4-19-13-6-11(15)5-12(16)7-13/h3-7,19H,1-2H3/b4-3+. The molecule has 1 rings (SSSR count). The molecule has 102 valence electrons. The molecular formula is C14H12Cl2N4. The molecule has 0 spiro atoms. The van der Waals surface area contributed by atoms with E-state index in [1.807, 2.05) is 12.1 Å². The largest absolute Gasteiger partial charge is 0.376 e. The maximum Gasteiger partial charge on any atom is 0.152 e. The smallest absolute Gasteiger partial charge is 0.152 e. The third kappa shape index (κ3) is 4.51. The van der Waals surface area contributed by atoms with Crippen molar-refractivity contribution in [2.24, 2.45) is 0 Å². The molecule has 0 fully saturated rings. The van der Waals surface area contributed by atoms with Gasteiger partial charge in [-0.1, -0.05) is 23.2 Å². The van der Waals surface area contributed by atoms with Gasteiger partial charge >= 0.3 is 0 Å². The molecule has 0 bridgehead atoms. The van der Waals surface area contributed by atoms with Crippen LogP contribution in [0.25, 0.3) is 0 Å². The molecule has 6 heteroatoms. The van der Waals surface area contributed by atoms with E-state index >= 15 is 0 Å². The Kier molecular flexibility index (Phi) is 5.93. The van der Waals surface area contributed by atoms with Gasteiger partial charge in [-0.25, -0.2) is 0 Å². The lowest BCUT2D eigenvalue weighted by Gasteiger charge is -2.13. The summed E-state index contributed by atoms with van der Waals surface area (Å²) in [5.41, 5.74) is 1.26. The fourth-order valence-electron chi connectivity index (χ4n) is 1.45. The van der Waals surface area contributed by atoms with E-state index in [0.717, 1.165) is 0 Å². The van der Waals surface area contributed by atoms with E-state index in [0.29, 0.717) is 21.4 Å². The third-order valence-electron chi connectivity index (χ3n) is 2.32. The Morgan fingerprint density at radius 2 is 1.70 bits per heavy atom. The first kappa shape index (κ1) is 15.9. The highest BCUT2D eigenvalue weighted by Gasteiger charge is 2.04. The number of allylic oxidation sites excluding steroid dienone is 2. The van der Waals surface area contributed by atoms with Gasteiger partial charge in [-0.05, 0) is 24.3 Å². The van der Waals surface area contributed by atoms with Crippen LogP contribution in [0.5, 0.6) is 0 Å². The predicted molar refractivity (Wildman–Crippen MR) is 81.2 cm³/mol. The fourth-order valence-corrected chi connectivity index (χ4v) is 1.98. The van der Waals surface area contributed by atoms with Crippen LogP contribution in [-0.4, -0.2) is 19.0 Å². The summed E-state index contributed by atoms with van der Waals surface area (Å²) in [4.78, 5) is 1.69. The number of anilines is 1. The highest BCUT2D eigenvalue weighted by Crippen LogP contribution is 2.22. The van der Waals surface area contributed by atoms with Gasteiger partial charge in [-0.15, -0.1) is 0 Å². The first-order valence-corrected chi connectivity index (χ1v) is 6.34. The highest BCUT2D eigenvalue weighted by molar-refractivity contribution is 6.35. The minimum atomic E-state index is 0.0391. The van der Waals surface area contributed by atoms with Gasteiger partial charge in [0.05, 0.1) is 5.70 Å². The Morgan fingerprint density at radius 1 is 1.15 bits per heavy atom. The van der Waals surface area contributed by atoms with Gasteiger partial charge in [0.25, 0.3) is 0 Å². The second-order valence-corrected chi connectivity index (χ2v) is 4.89. The number of rotatable bonds is 4. The number of hydrogen-bond acceptors (Lipinski definition) is 4. The zero-order valence-corrected chi connectivity index (χ0v) is 12.5. The summed E-state index contributed by atoms with van der Waals surface area (Å²) >= 11 is 11.8. The van der Waals surface area contributed by atoms with Crippen molar-refractivity contribution in [3.05, 3.63) is 51.8 Å². The van der Waals surface area contributed by atoms with Gasteiger partial charge in [-0.3, -0.25) is 0 Å². The lowest BCUT2D eigenvalue weighted by molar-refractivity contribution is 0.527. The third-order valence-corrected chi connectivity index (χ3v) is 2.75. The summed E-state index contributed by atoms with van der Waals surface area (Å²) in [6, 6.07) is 8.77. The summed E-state index contributed by atoms with van der Waals surface area (Å²) in [6.07, 6.45) is 3.25. The van der Waals surface area contributed by atoms with E-state index in [1.165, 1.54) is 0 Å². The SMILES string of the molecule is CN(C)C(/C=C/Nc1cc(Cl)cc(Cl)c1)=C(C#N)C#N. The quantitative estimate of drug-likeness (QED) is 0.679. The Hall–Kier alpha value is -2.14. The Morgan fingerprint density at radius 3 is 2.15 bits per heavy atom. The molecule has 0 unspecified atom stereocenters. The van der Waals surface area contributed by atoms with E-state index in [-0.39, 0.29) is 5.57 Å². The van der Waals surface area contributed by atoms with Gasteiger partial charge in [-0.2, -0.15) is 10.5 Å². The van der Waals surface area contributed by atoms with E-state index in [1.54, 1.807) is 49.5 Å². The number of nitrogens with one attached hydrogen (secondary N) is 1. The first-order valence-electron chi connectivity index (χ1n) is 5.59. The molecule has 0 atom stereocenters. The van der Waals surface area contributed by atoms with Gasteiger partial charge in [0.1, 0.15) is 12.1 Å². The van der Waals surface area contributed by atoms with Crippen molar-refractivity contribution in [3.63, 3.8) is 0 Å². The number of halogens is 2. The van der Waals surface area contributed by atoms with Crippen LogP contribution in [0, 0.1) is 22.7 Å². The second-order valence-electron chi connectivity index (χ2n) is 4.01. The van der Waals surface area contributed by atoms with Crippen LogP contribution in [0.4, 0.5) is 5.69 Å². The molecule has 0 radical (unpaired) electrons. The molecule has 20 heavy (non-hydrogen) atoms. The molecule has 0 aromatic heterocycles. The number of nitriles is 2. The van der Waals surface area contributed by atoms with Crippen LogP contribution < -0.4 is 5.32 Å². The molecule has 0 aliphatic rings. The molecule has 0 saturated carbocycles. The molecule has 1 aromatic carbocycles. The lowest BCUT2D eigenvalue weighted by atomic mass is 10.2. The lowest BCUT2D eigenvalue weighted by Crippen LogP contribution is -2.11. The minimum absolute atomic E-state index is 0.0391. The first-order chi connectivity index (χ1) is 9.47. The number of nitrogens with zero attached hydrogens (tertiary/aromatic N) is 3. The van der Waals surface area contributed by atoms with Crippen molar-refractivity contribution in [1.29, 1.82) is 10.5 Å². The molecule has 0 aliphatic carbocycles. The molecule has 1 aromatic rings. The average molecular weight is 307 g/mol. The van der Waals surface area contributed by atoms with Crippen molar-refractivity contribution < 1.29 is 0 Å². The molecule has 1 N–H and O–H groups in total. The summed E-state index contributed by atoms with van der Waals surface area (Å²) in [6.45, 7) is 0. The van der Waals surface area contributed by atoms with E-state index in [9.17, 15) is 0 Å². The second kappa shape index (κ2) is 7.45. The topological polar surface area (TPSA) is 62.9 Å². The average Bonchev–Trinajstić information content (AvgIpc) is 2.36. The fraction of sp³-hybridized carbons (Fsp3) is 0.143. The zero-order valence-electron chi connectivity index (χ0n) is 11.0. The van der Waals surface area contributed by atoms with E-state index < -0.39 is 0 Å². The van der Waals surface area contributed by atoms with Crippen LogP contribution in [0.3, 0.4) is 0 Å². The van der Waals surface area contributed by atoms with Crippen LogP contribution in [0.1, 0.15) is 0 Å². The molecule has 0 heterocycles. The van der Waals surface area contributed by atoms with Crippen molar-refractivity contribution in [3.8, 4) is 12.1 Å². The van der Waals surface area contributed by atoms with Crippen molar-refractivity contribution >= 4 is 28.9 Å². The Bertz CT molecular complexity index is 597. The number of hydrogen-bond donors (Lipinski definition) is 1. The van der Waals surface area contributed by atoms with Crippen LogP contribution in [-0.2, 0) is 0 Å². The van der Waals surface area contributed by atoms with Crippen LogP contribution >= 0.6 is 23.2 Å². The summed E-state index contributed by atoms with van der Waals surface area (Å²) in [7, 11) is 3.51. The zero-order chi connectivity index (χ0) is 15.1. The molecule has 4 nitrogen and oxygen atoms in total. The Labute approximate surface area is 128 Å². The van der Waals surface area contributed by atoms with Crippen molar-refractivity contribution in [2.75, 3.05) is 19.4 Å². The number of likely N-dealkylation sites (N-methyl/N-ethyl adjacent to an activating group) is 1. The molecule has 0 amide bonds. The van der Waals surface area contributed by atoms with Gasteiger partial charge < -0.3 is 10.2 Å². The molecule has 0 saturated heterocycles. The van der Waals surface area contributed by atoms with E-state index in [4.69, 9.17) is 33.7 Å². The monoisotopic (exact) mass is 306 g/mol. The summed E-state index contributed by atoms with van der Waals surface area (Å²) < 4.78 is 0. The van der Waals surface area contributed by atoms with Gasteiger partial charge in [0, 0.05) is 36.0 Å². The maximum atomic E-state index is 8.89. The molecular weight excluding hydrogens is 295 g/mol. The number of benzene rings is 1. The van der Waals surface area contributed by atoms with Crippen LogP contribution in [0.2, 0.25) is 10.0 Å². The van der Waals surface area contributed by atoms with Crippen LogP contribution in [0.15, 0.2) is 41.7 Å². The predicted octanol–water partition coefficient (Wildman–Crippen LogP) is 3.78.